The molecule has 2 aliphatic rings. The van der Waals surface area contributed by atoms with Gasteiger partial charge in [0, 0.05) is 24.6 Å². The van der Waals surface area contributed by atoms with Gasteiger partial charge in [-0.05, 0) is 49.1 Å². The molecule has 1 fully saturated rings. The third-order valence-electron chi connectivity index (χ3n) is 6.43. The zero-order valence-electron chi connectivity index (χ0n) is 17.2. The van der Waals surface area contributed by atoms with Crippen LogP contribution in [0.2, 0.25) is 0 Å². The Balaban J connectivity index is 1.62. The number of rotatable bonds is 3. The molecule has 3 aromatic carbocycles. The van der Waals surface area contributed by atoms with Crippen molar-refractivity contribution >= 4 is 15.7 Å². The van der Waals surface area contributed by atoms with Gasteiger partial charge < -0.3 is 4.74 Å². The van der Waals surface area contributed by atoms with Crippen molar-refractivity contribution in [3.8, 4) is 0 Å². The van der Waals surface area contributed by atoms with E-state index >= 15 is 0 Å². The van der Waals surface area contributed by atoms with Gasteiger partial charge in [0.15, 0.2) is 0 Å². The van der Waals surface area contributed by atoms with Crippen molar-refractivity contribution in [3.05, 3.63) is 95.3 Å². The Kier molecular flexibility index (Phi) is 5.07. The molecule has 0 radical (unpaired) electrons. The van der Waals surface area contributed by atoms with Gasteiger partial charge in [-0.2, -0.15) is 0 Å². The zero-order chi connectivity index (χ0) is 21.6. The van der Waals surface area contributed by atoms with Crippen molar-refractivity contribution in [1.29, 1.82) is 0 Å². The fourth-order valence-corrected chi connectivity index (χ4v) is 6.42. The Morgan fingerprint density at radius 2 is 1.61 bits per heavy atom. The summed E-state index contributed by atoms with van der Waals surface area (Å²) in [7, 11) is -3.77. The van der Waals surface area contributed by atoms with E-state index in [1.54, 1.807) is 42.5 Å². The first kappa shape index (κ1) is 20.2. The first-order valence-corrected chi connectivity index (χ1v) is 11.9. The van der Waals surface area contributed by atoms with E-state index in [9.17, 15) is 12.8 Å². The van der Waals surface area contributed by atoms with Crippen molar-refractivity contribution in [2.24, 2.45) is 5.92 Å². The molecule has 0 amide bonds. The van der Waals surface area contributed by atoms with Gasteiger partial charge in [-0.1, -0.05) is 54.1 Å². The van der Waals surface area contributed by atoms with Crippen LogP contribution in [0.1, 0.15) is 35.1 Å². The van der Waals surface area contributed by atoms with Crippen LogP contribution in [-0.4, -0.2) is 21.6 Å². The van der Waals surface area contributed by atoms with Crippen LogP contribution in [-0.2, 0) is 14.8 Å². The predicted molar refractivity (Wildman–Crippen MR) is 118 cm³/mol. The van der Waals surface area contributed by atoms with Gasteiger partial charge in [0.2, 0.25) is 0 Å². The summed E-state index contributed by atoms with van der Waals surface area (Å²) in [6, 6.07) is 21.2. The molecule has 0 spiro atoms. The monoisotopic (exact) mass is 437 g/mol. The molecule has 3 aromatic rings. The molecule has 0 saturated carbocycles. The highest BCUT2D eigenvalue weighted by atomic mass is 32.2. The minimum absolute atomic E-state index is 0.110. The number of anilines is 1. The third-order valence-corrected chi connectivity index (χ3v) is 8.23. The lowest BCUT2D eigenvalue weighted by Gasteiger charge is -2.46. The first-order valence-electron chi connectivity index (χ1n) is 10.5. The van der Waals surface area contributed by atoms with Crippen LogP contribution in [0, 0.1) is 18.7 Å². The molecule has 1 saturated heterocycles. The van der Waals surface area contributed by atoms with E-state index in [1.807, 2.05) is 31.2 Å². The highest BCUT2D eigenvalue weighted by molar-refractivity contribution is 7.92. The molecule has 2 heterocycles. The molecule has 2 aliphatic heterocycles. The maximum Gasteiger partial charge on any atom is 0.264 e. The normalized spacial score (nSPS) is 23.2. The van der Waals surface area contributed by atoms with Crippen LogP contribution < -0.4 is 4.31 Å². The minimum atomic E-state index is -3.77. The third kappa shape index (κ3) is 3.44. The fraction of sp³-hybridized carbons (Fsp3) is 0.280. The number of hydrogen-bond acceptors (Lipinski definition) is 3. The summed E-state index contributed by atoms with van der Waals surface area (Å²) < 4.78 is 49.5. The van der Waals surface area contributed by atoms with Crippen LogP contribution in [0.15, 0.2) is 77.7 Å². The number of para-hydroxylation sites is 1. The van der Waals surface area contributed by atoms with Crippen molar-refractivity contribution in [1.82, 2.24) is 0 Å². The van der Waals surface area contributed by atoms with E-state index < -0.39 is 16.1 Å². The second-order valence-corrected chi connectivity index (χ2v) is 10.1. The van der Waals surface area contributed by atoms with Crippen LogP contribution in [0.25, 0.3) is 0 Å². The van der Waals surface area contributed by atoms with Gasteiger partial charge in [-0.3, -0.25) is 4.31 Å². The molecule has 0 bridgehead atoms. The number of fused-ring (bicyclic) bond motifs is 3. The second-order valence-electron chi connectivity index (χ2n) is 8.28. The highest BCUT2D eigenvalue weighted by Crippen LogP contribution is 2.50. The van der Waals surface area contributed by atoms with E-state index in [1.165, 1.54) is 10.4 Å². The maximum atomic E-state index is 14.7. The Hall–Kier alpha value is -2.70. The average Bonchev–Trinajstić information content (AvgIpc) is 2.79. The lowest BCUT2D eigenvalue weighted by Crippen LogP contribution is -2.46. The molecule has 5 rings (SSSR count). The van der Waals surface area contributed by atoms with Gasteiger partial charge in [0.1, 0.15) is 5.82 Å². The molecule has 0 N–H and O–H groups in total. The number of benzene rings is 3. The summed E-state index contributed by atoms with van der Waals surface area (Å²) >= 11 is 0. The van der Waals surface area contributed by atoms with Gasteiger partial charge in [-0.15, -0.1) is 0 Å². The Morgan fingerprint density at radius 1 is 0.935 bits per heavy atom. The molecular weight excluding hydrogens is 413 g/mol. The second kappa shape index (κ2) is 7.77. The summed E-state index contributed by atoms with van der Waals surface area (Å²) in [6.45, 7) is 2.69. The van der Waals surface area contributed by atoms with Gasteiger partial charge >= 0.3 is 0 Å². The summed E-state index contributed by atoms with van der Waals surface area (Å²) in [5, 5.41) is 0. The molecule has 4 nitrogen and oxygen atoms in total. The number of aryl methyl sites for hydroxylation is 1. The van der Waals surface area contributed by atoms with Crippen molar-refractivity contribution in [3.63, 3.8) is 0 Å². The molecule has 0 unspecified atom stereocenters. The minimum Gasteiger partial charge on any atom is -0.373 e. The van der Waals surface area contributed by atoms with Crippen molar-refractivity contribution in [2.45, 2.75) is 30.3 Å². The van der Waals surface area contributed by atoms with Gasteiger partial charge in [0.25, 0.3) is 10.0 Å². The number of halogens is 1. The van der Waals surface area contributed by atoms with E-state index in [4.69, 9.17) is 4.74 Å². The van der Waals surface area contributed by atoms with Crippen LogP contribution in [0.3, 0.4) is 0 Å². The van der Waals surface area contributed by atoms with E-state index in [-0.39, 0.29) is 29.1 Å². The quantitative estimate of drug-likeness (QED) is 0.566. The highest BCUT2D eigenvalue weighted by Gasteiger charge is 2.45. The summed E-state index contributed by atoms with van der Waals surface area (Å²) in [5.74, 6) is -0.389. The molecular formula is C25H24FNO3S. The topological polar surface area (TPSA) is 46.6 Å². The van der Waals surface area contributed by atoms with E-state index in [2.05, 4.69) is 0 Å². The standard InChI is InChI=1S/C25H24FNO3S/c1-17-10-12-18(13-11-17)31(28,29)27-16-22-19(20-6-3-5-9-24(20)27)14-15-30-25(22)21-7-2-4-8-23(21)26/h2-13,19,22,25H,14-16H2,1H3/t19-,22-,25+/m0/s1. The predicted octanol–water partition coefficient (Wildman–Crippen LogP) is 5.20. The SMILES string of the molecule is Cc1ccc(S(=O)(=O)N2C[C@@H]3[C@@H](c4ccccc4F)OCC[C@H]3c3ccccc32)cc1. The van der Waals surface area contributed by atoms with Crippen molar-refractivity contribution < 1.29 is 17.5 Å². The van der Waals surface area contributed by atoms with E-state index in [0.29, 0.717) is 17.9 Å². The van der Waals surface area contributed by atoms with Crippen molar-refractivity contribution in [2.75, 3.05) is 17.5 Å². The molecule has 31 heavy (non-hydrogen) atoms. The molecule has 0 aliphatic carbocycles. The number of hydrogen-bond donors (Lipinski definition) is 0. The first-order chi connectivity index (χ1) is 15.0. The van der Waals surface area contributed by atoms with Gasteiger partial charge in [0.05, 0.1) is 16.7 Å². The van der Waals surface area contributed by atoms with E-state index in [0.717, 1.165) is 17.5 Å². The molecule has 3 atom stereocenters. The van der Waals surface area contributed by atoms with Crippen LogP contribution in [0.5, 0.6) is 0 Å². The number of sulfonamides is 1. The van der Waals surface area contributed by atoms with Crippen LogP contribution in [0.4, 0.5) is 10.1 Å². The summed E-state index contributed by atoms with van der Waals surface area (Å²) in [6.07, 6.45) is 0.287. The van der Waals surface area contributed by atoms with Crippen LogP contribution >= 0.6 is 0 Å². The zero-order valence-corrected chi connectivity index (χ0v) is 18.1. The summed E-state index contributed by atoms with van der Waals surface area (Å²) in [4.78, 5) is 0.255. The molecule has 6 heteroatoms. The molecule has 160 valence electrons. The fourth-order valence-electron chi connectivity index (χ4n) is 4.89. The number of ether oxygens (including phenoxy) is 1. The molecule has 0 aromatic heterocycles. The maximum absolute atomic E-state index is 14.7. The smallest absolute Gasteiger partial charge is 0.264 e. The number of nitrogens with zero attached hydrogens (tertiary/aromatic N) is 1. The average molecular weight is 438 g/mol. The Morgan fingerprint density at radius 3 is 2.35 bits per heavy atom. The largest absolute Gasteiger partial charge is 0.373 e. The lowest BCUT2D eigenvalue weighted by molar-refractivity contribution is -0.0402. The Bertz CT molecular complexity index is 1210. The summed E-state index contributed by atoms with van der Waals surface area (Å²) in [5.41, 5.74) is 3.18. The van der Waals surface area contributed by atoms with Gasteiger partial charge in [-0.25, -0.2) is 12.8 Å². The lowest BCUT2D eigenvalue weighted by atomic mass is 9.74. The Labute approximate surface area is 182 Å².